The first kappa shape index (κ1) is 15.5. The number of rotatable bonds is 3. The molecule has 0 amide bonds. The van der Waals surface area contributed by atoms with E-state index >= 15 is 0 Å². The van der Waals surface area contributed by atoms with E-state index in [0.717, 1.165) is 19.5 Å². The first-order chi connectivity index (χ1) is 9.47. The molecule has 2 rings (SSSR count). The molecule has 0 saturated carbocycles. The van der Waals surface area contributed by atoms with Crippen molar-refractivity contribution in [3.8, 4) is 0 Å². The van der Waals surface area contributed by atoms with Gasteiger partial charge in [0.2, 0.25) is 0 Å². The van der Waals surface area contributed by atoms with E-state index in [4.69, 9.17) is 5.73 Å². The zero-order valence-electron chi connectivity index (χ0n) is 13.1. The summed E-state index contributed by atoms with van der Waals surface area (Å²) >= 11 is 1.78. The van der Waals surface area contributed by atoms with Crippen LogP contribution in [0.2, 0.25) is 0 Å². The first-order valence-corrected chi connectivity index (χ1v) is 8.50. The molecule has 0 saturated heterocycles. The summed E-state index contributed by atoms with van der Waals surface area (Å²) in [5, 5.41) is 0. The number of benzene rings is 1. The molecule has 1 aromatic rings. The number of hydrogen-bond donors (Lipinski definition) is 1. The summed E-state index contributed by atoms with van der Waals surface area (Å²) in [7, 11) is 0. The smallest absolute Gasteiger partial charge is 0.0426 e. The Hall–Kier alpha value is -0.930. The largest absolute Gasteiger partial charge is 0.367 e. The topological polar surface area (TPSA) is 29.3 Å². The summed E-state index contributed by atoms with van der Waals surface area (Å²) in [6, 6.07) is 6.51. The van der Waals surface area contributed by atoms with Gasteiger partial charge in [-0.15, -0.1) is 11.8 Å². The molecule has 0 unspecified atom stereocenters. The Morgan fingerprint density at radius 3 is 2.55 bits per heavy atom. The van der Waals surface area contributed by atoms with E-state index < -0.39 is 0 Å². The molecule has 0 aromatic heterocycles. The lowest BCUT2D eigenvalue weighted by atomic mass is 9.83. The van der Waals surface area contributed by atoms with Crippen LogP contribution < -0.4 is 10.6 Å². The standard InChI is InChI=1S/C17H26N2S/c1-17(2,3)13-8-10-19(11-9-13)15-6-5-7-16(20-4)14(15)12-18/h5-8H,9-12,18H2,1-4H3. The Labute approximate surface area is 127 Å². The fourth-order valence-corrected chi connectivity index (χ4v) is 3.46. The van der Waals surface area contributed by atoms with Crippen molar-refractivity contribution in [2.75, 3.05) is 24.2 Å². The predicted octanol–water partition coefficient (Wildman–Crippen LogP) is 4.05. The molecule has 0 fully saturated rings. The Morgan fingerprint density at radius 2 is 2.05 bits per heavy atom. The van der Waals surface area contributed by atoms with Gasteiger partial charge in [0.05, 0.1) is 0 Å². The fraction of sp³-hybridized carbons (Fsp3) is 0.529. The van der Waals surface area contributed by atoms with Gasteiger partial charge in [-0.2, -0.15) is 0 Å². The van der Waals surface area contributed by atoms with Gasteiger partial charge >= 0.3 is 0 Å². The quantitative estimate of drug-likeness (QED) is 0.672. The van der Waals surface area contributed by atoms with Gasteiger partial charge in [0.1, 0.15) is 0 Å². The van der Waals surface area contributed by atoms with E-state index in [1.807, 2.05) is 0 Å². The number of hydrogen-bond acceptors (Lipinski definition) is 3. The maximum Gasteiger partial charge on any atom is 0.0426 e. The van der Waals surface area contributed by atoms with Gasteiger partial charge in [-0.25, -0.2) is 0 Å². The van der Waals surface area contributed by atoms with Crippen LogP contribution in [0, 0.1) is 5.41 Å². The van der Waals surface area contributed by atoms with E-state index in [2.05, 4.69) is 56.2 Å². The molecule has 3 heteroatoms. The van der Waals surface area contributed by atoms with E-state index in [9.17, 15) is 0 Å². The van der Waals surface area contributed by atoms with Gasteiger partial charge in [-0.1, -0.05) is 38.5 Å². The summed E-state index contributed by atoms with van der Waals surface area (Å²) < 4.78 is 0. The average Bonchev–Trinajstić information content (AvgIpc) is 2.45. The molecule has 0 radical (unpaired) electrons. The summed E-state index contributed by atoms with van der Waals surface area (Å²) in [6.07, 6.45) is 5.67. The van der Waals surface area contributed by atoms with Gasteiger partial charge in [0, 0.05) is 35.8 Å². The fourth-order valence-electron chi connectivity index (χ4n) is 2.82. The van der Waals surface area contributed by atoms with Crippen LogP contribution in [0.4, 0.5) is 5.69 Å². The molecule has 1 heterocycles. The molecule has 0 atom stereocenters. The van der Waals surface area contributed by atoms with E-state index in [0.29, 0.717) is 12.0 Å². The minimum absolute atomic E-state index is 0.296. The Bertz CT molecular complexity index is 500. The highest BCUT2D eigenvalue weighted by Crippen LogP contribution is 2.34. The third kappa shape index (κ3) is 3.21. The minimum atomic E-state index is 0.296. The zero-order chi connectivity index (χ0) is 14.8. The van der Waals surface area contributed by atoms with Gasteiger partial charge in [0.15, 0.2) is 0 Å². The number of thioether (sulfide) groups is 1. The van der Waals surface area contributed by atoms with Crippen molar-refractivity contribution in [1.82, 2.24) is 0 Å². The Kier molecular flexibility index (Phi) is 4.82. The molecule has 2 N–H and O–H groups in total. The lowest BCUT2D eigenvalue weighted by Crippen LogP contribution is -2.32. The zero-order valence-corrected chi connectivity index (χ0v) is 13.9. The van der Waals surface area contributed by atoms with Crippen LogP contribution >= 0.6 is 11.8 Å². The van der Waals surface area contributed by atoms with Gasteiger partial charge in [-0.3, -0.25) is 0 Å². The molecule has 1 aliphatic rings. The van der Waals surface area contributed by atoms with Crippen molar-refractivity contribution in [3.05, 3.63) is 35.4 Å². The molecular weight excluding hydrogens is 264 g/mol. The molecule has 0 bridgehead atoms. The molecule has 20 heavy (non-hydrogen) atoms. The van der Waals surface area contributed by atoms with Gasteiger partial charge in [-0.05, 0) is 30.2 Å². The van der Waals surface area contributed by atoms with E-state index in [-0.39, 0.29) is 0 Å². The molecule has 0 aliphatic carbocycles. The second kappa shape index (κ2) is 6.23. The second-order valence-electron chi connectivity index (χ2n) is 6.34. The van der Waals surface area contributed by atoms with Crippen molar-refractivity contribution in [2.24, 2.45) is 11.1 Å². The molecule has 0 spiro atoms. The molecule has 2 nitrogen and oxygen atoms in total. The van der Waals surface area contributed by atoms with Crippen LogP contribution in [0.5, 0.6) is 0 Å². The summed E-state index contributed by atoms with van der Waals surface area (Å²) in [5.74, 6) is 0. The predicted molar refractivity (Wildman–Crippen MR) is 90.5 cm³/mol. The van der Waals surface area contributed by atoms with Crippen LogP contribution in [0.3, 0.4) is 0 Å². The second-order valence-corrected chi connectivity index (χ2v) is 7.19. The lowest BCUT2D eigenvalue weighted by molar-refractivity contribution is 0.472. The number of nitrogens with two attached hydrogens (primary N) is 1. The molecule has 110 valence electrons. The summed E-state index contributed by atoms with van der Waals surface area (Å²) in [6.45, 7) is 9.60. The van der Waals surface area contributed by atoms with Crippen LogP contribution in [0.25, 0.3) is 0 Å². The van der Waals surface area contributed by atoms with Crippen molar-refractivity contribution in [1.29, 1.82) is 0 Å². The molecule has 1 aliphatic heterocycles. The maximum absolute atomic E-state index is 5.97. The summed E-state index contributed by atoms with van der Waals surface area (Å²) in [5.41, 5.74) is 10.4. The first-order valence-electron chi connectivity index (χ1n) is 7.27. The van der Waals surface area contributed by atoms with Crippen molar-refractivity contribution in [2.45, 2.75) is 38.6 Å². The van der Waals surface area contributed by atoms with E-state index in [1.165, 1.54) is 16.1 Å². The SMILES string of the molecule is CSc1cccc(N2CC=C(C(C)(C)C)CC2)c1CN. The lowest BCUT2D eigenvalue weighted by Gasteiger charge is -2.34. The van der Waals surface area contributed by atoms with Gasteiger partial charge < -0.3 is 10.6 Å². The van der Waals surface area contributed by atoms with Crippen LogP contribution in [0.15, 0.2) is 34.7 Å². The minimum Gasteiger partial charge on any atom is -0.367 e. The van der Waals surface area contributed by atoms with Crippen molar-refractivity contribution >= 4 is 17.4 Å². The average molecular weight is 290 g/mol. The molecule has 1 aromatic carbocycles. The highest BCUT2D eigenvalue weighted by Gasteiger charge is 2.22. The van der Waals surface area contributed by atoms with Crippen molar-refractivity contribution in [3.63, 3.8) is 0 Å². The number of nitrogens with zero attached hydrogens (tertiary/aromatic N) is 1. The third-order valence-electron chi connectivity index (χ3n) is 4.05. The highest BCUT2D eigenvalue weighted by atomic mass is 32.2. The summed E-state index contributed by atoms with van der Waals surface area (Å²) in [4.78, 5) is 3.76. The van der Waals surface area contributed by atoms with Crippen molar-refractivity contribution < 1.29 is 0 Å². The van der Waals surface area contributed by atoms with E-state index in [1.54, 1.807) is 17.3 Å². The molecular formula is C17H26N2S. The van der Waals surface area contributed by atoms with Crippen LogP contribution in [0.1, 0.15) is 32.8 Å². The monoisotopic (exact) mass is 290 g/mol. The highest BCUT2D eigenvalue weighted by molar-refractivity contribution is 7.98. The van der Waals surface area contributed by atoms with Crippen LogP contribution in [-0.2, 0) is 6.54 Å². The Balaban J connectivity index is 2.25. The third-order valence-corrected chi connectivity index (χ3v) is 4.87. The normalized spacial score (nSPS) is 16.2. The Morgan fingerprint density at radius 1 is 1.30 bits per heavy atom. The van der Waals surface area contributed by atoms with Gasteiger partial charge in [0.25, 0.3) is 0 Å². The maximum atomic E-state index is 5.97. The van der Waals surface area contributed by atoms with Crippen LogP contribution in [-0.4, -0.2) is 19.3 Å². The number of anilines is 1.